The minimum absolute atomic E-state index is 0.0105. The van der Waals surface area contributed by atoms with Gasteiger partial charge in [0.15, 0.2) is 0 Å². The first kappa shape index (κ1) is 19.3. The van der Waals surface area contributed by atoms with Crippen LogP contribution in [0.5, 0.6) is 0 Å². The highest BCUT2D eigenvalue weighted by Crippen LogP contribution is 2.22. The Hall–Kier alpha value is -2.46. The first-order chi connectivity index (χ1) is 12.9. The molecule has 0 radical (unpaired) electrons. The Morgan fingerprint density at radius 3 is 2.48 bits per heavy atom. The van der Waals surface area contributed by atoms with Gasteiger partial charge in [0, 0.05) is 0 Å². The van der Waals surface area contributed by atoms with Crippen molar-refractivity contribution < 1.29 is 0 Å². The lowest BCUT2D eigenvalue weighted by molar-refractivity contribution is 0.442. The molecular weight excluding hydrogens is 334 g/mol. The molecule has 2 aromatic carbocycles. The average Bonchev–Trinajstić information content (AvgIpc) is 2.65. The molecular formula is C23H29N3O. The lowest BCUT2D eigenvalue weighted by Gasteiger charge is -2.23. The molecule has 27 heavy (non-hydrogen) atoms. The maximum absolute atomic E-state index is 13.4. The van der Waals surface area contributed by atoms with Gasteiger partial charge in [0.05, 0.1) is 22.6 Å². The summed E-state index contributed by atoms with van der Waals surface area (Å²) in [5.41, 5.74) is 4.00. The smallest absolute Gasteiger partial charge is 0.266 e. The monoisotopic (exact) mass is 363 g/mol. The number of nitrogens with one attached hydrogen (secondary N) is 1. The van der Waals surface area contributed by atoms with Gasteiger partial charge in [-0.15, -0.1) is 0 Å². The van der Waals surface area contributed by atoms with Crippen LogP contribution in [0.15, 0.2) is 47.3 Å². The summed E-state index contributed by atoms with van der Waals surface area (Å²) in [7, 11) is 0. The molecule has 4 nitrogen and oxygen atoms in total. The molecule has 0 bridgehead atoms. The van der Waals surface area contributed by atoms with Crippen molar-refractivity contribution >= 4 is 10.9 Å². The molecule has 0 amide bonds. The summed E-state index contributed by atoms with van der Waals surface area (Å²) >= 11 is 0. The molecule has 3 aromatic rings. The van der Waals surface area contributed by atoms with E-state index in [-0.39, 0.29) is 11.6 Å². The number of aromatic nitrogens is 2. The van der Waals surface area contributed by atoms with Crippen LogP contribution in [-0.2, 0) is 0 Å². The summed E-state index contributed by atoms with van der Waals surface area (Å²) in [6, 6.07) is 13.8. The van der Waals surface area contributed by atoms with Crippen LogP contribution < -0.4 is 10.9 Å². The van der Waals surface area contributed by atoms with Gasteiger partial charge in [0.25, 0.3) is 5.56 Å². The van der Waals surface area contributed by atoms with Crippen LogP contribution in [0.2, 0.25) is 0 Å². The van der Waals surface area contributed by atoms with Gasteiger partial charge < -0.3 is 5.32 Å². The molecule has 0 fully saturated rings. The molecule has 1 aromatic heterocycles. The summed E-state index contributed by atoms with van der Waals surface area (Å²) in [5.74, 6) is 1.31. The van der Waals surface area contributed by atoms with Crippen LogP contribution in [0.3, 0.4) is 0 Å². The lowest BCUT2D eigenvalue weighted by Crippen LogP contribution is -2.32. The number of nitrogens with zero attached hydrogens (tertiary/aromatic N) is 2. The van der Waals surface area contributed by atoms with Crippen molar-refractivity contribution in [2.24, 2.45) is 5.92 Å². The fourth-order valence-corrected chi connectivity index (χ4v) is 3.29. The van der Waals surface area contributed by atoms with E-state index in [9.17, 15) is 4.79 Å². The third-order valence-corrected chi connectivity index (χ3v) is 5.04. The summed E-state index contributed by atoms with van der Waals surface area (Å²) in [6.07, 6.45) is 0.863. The van der Waals surface area contributed by atoms with E-state index >= 15 is 0 Å². The molecule has 1 heterocycles. The molecule has 0 saturated carbocycles. The fraction of sp³-hybridized carbons (Fsp3) is 0.391. The van der Waals surface area contributed by atoms with Gasteiger partial charge in [-0.05, 0) is 68.1 Å². The average molecular weight is 364 g/mol. The van der Waals surface area contributed by atoms with E-state index in [0.29, 0.717) is 11.3 Å². The highest BCUT2D eigenvalue weighted by molar-refractivity contribution is 5.77. The van der Waals surface area contributed by atoms with Crippen LogP contribution in [-0.4, -0.2) is 16.1 Å². The first-order valence-electron chi connectivity index (χ1n) is 9.75. The van der Waals surface area contributed by atoms with Crippen molar-refractivity contribution in [2.45, 2.75) is 47.1 Å². The van der Waals surface area contributed by atoms with Gasteiger partial charge in [-0.25, -0.2) is 4.98 Å². The van der Waals surface area contributed by atoms with Gasteiger partial charge in [-0.2, -0.15) is 0 Å². The number of para-hydroxylation sites is 1. The fourth-order valence-electron chi connectivity index (χ4n) is 3.29. The standard InChI is InChI=1S/C23H29N3O/c1-6-20(24-14-15(2)3)22-25-21-10-8-7-9-19(21)23(27)26(22)18-12-11-16(4)17(5)13-18/h7-13,15,20,24H,6,14H2,1-5H3. The highest BCUT2D eigenvalue weighted by Gasteiger charge is 2.20. The normalized spacial score (nSPS) is 12.7. The van der Waals surface area contributed by atoms with Gasteiger partial charge in [-0.3, -0.25) is 9.36 Å². The summed E-state index contributed by atoms with van der Waals surface area (Å²) in [5, 5.41) is 4.24. The largest absolute Gasteiger partial charge is 0.307 e. The molecule has 4 heteroatoms. The molecule has 0 aliphatic carbocycles. The van der Waals surface area contributed by atoms with Crippen molar-refractivity contribution in [1.29, 1.82) is 0 Å². The Labute approximate surface area is 161 Å². The minimum Gasteiger partial charge on any atom is -0.307 e. The molecule has 0 aliphatic heterocycles. The highest BCUT2D eigenvalue weighted by atomic mass is 16.1. The Morgan fingerprint density at radius 2 is 1.81 bits per heavy atom. The van der Waals surface area contributed by atoms with Crippen LogP contribution in [0.1, 0.15) is 50.2 Å². The third-order valence-electron chi connectivity index (χ3n) is 5.04. The van der Waals surface area contributed by atoms with Crippen LogP contribution >= 0.6 is 0 Å². The number of fused-ring (bicyclic) bond motifs is 1. The van der Waals surface area contributed by atoms with Crippen molar-refractivity contribution in [3.05, 3.63) is 69.8 Å². The second kappa shape index (κ2) is 8.05. The van der Waals surface area contributed by atoms with Gasteiger partial charge in [0.2, 0.25) is 0 Å². The van der Waals surface area contributed by atoms with E-state index in [2.05, 4.69) is 52.1 Å². The molecule has 1 atom stereocenters. The quantitative estimate of drug-likeness (QED) is 0.690. The van der Waals surface area contributed by atoms with Gasteiger partial charge in [0.1, 0.15) is 5.82 Å². The van der Waals surface area contributed by atoms with E-state index in [4.69, 9.17) is 4.98 Å². The second-order valence-corrected chi connectivity index (χ2v) is 7.66. The van der Waals surface area contributed by atoms with Crippen LogP contribution in [0.25, 0.3) is 16.6 Å². The molecule has 3 rings (SSSR count). The van der Waals surface area contributed by atoms with E-state index in [1.807, 2.05) is 30.3 Å². The number of benzene rings is 2. The van der Waals surface area contributed by atoms with Crippen molar-refractivity contribution in [2.75, 3.05) is 6.54 Å². The predicted molar refractivity (Wildman–Crippen MR) is 113 cm³/mol. The van der Waals surface area contributed by atoms with Crippen LogP contribution in [0.4, 0.5) is 0 Å². The van der Waals surface area contributed by atoms with E-state index in [1.54, 1.807) is 4.57 Å². The van der Waals surface area contributed by atoms with Crippen LogP contribution in [0, 0.1) is 19.8 Å². The summed E-state index contributed by atoms with van der Waals surface area (Å²) < 4.78 is 1.79. The van der Waals surface area contributed by atoms with E-state index in [1.165, 1.54) is 11.1 Å². The lowest BCUT2D eigenvalue weighted by atomic mass is 10.1. The maximum atomic E-state index is 13.4. The second-order valence-electron chi connectivity index (χ2n) is 7.66. The van der Waals surface area contributed by atoms with E-state index in [0.717, 1.165) is 30.0 Å². The molecule has 0 aliphatic rings. The Kier molecular flexibility index (Phi) is 5.76. The molecule has 1 unspecified atom stereocenters. The number of hydrogen-bond acceptors (Lipinski definition) is 3. The molecule has 0 spiro atoms. The zero-order chi connectivity index (χ0) is 19.6. The van der Waals surface area contributed by atoms with Gasteiger partial charge >= 0.3 is 0 Å². The number of aryl methyl sites for hydroxylation is 2. The Balaban J connectivity index is 2.26. The molecule has 1 N–H and O–H groups in total. The van der Waals surface area contributed by atoms with Crippen molar-refractivity contribution in [1.82, 2.24) is 14.9 Å². The zero-order valence-corrected chi connectivity index (χ0v) is 16.9. The predicted octanol–water partition coefficient (Wildman–Crippen LogP) is 4.70. The molecule has 142 valence electrons. The van der Waals surface area contributed by atoms with E-state index < -0.39 is 0 Å². The number of rotatable bonds is 6. The van der Waals surface area contributed by atoms with Crippen molar-refractivity contribution in [3.63, 3.8) is 0 Å². The first-order valence-corrected chi connectivity index (χ1v) is 9.75. The maximum Gasteiger partial charge on any atom is 0.266 e. The third kappa shape index (κ3) is 3.96. The topological polar surface area (TPSA) is 46.9 Å². The zero-order valence-electron chi connectivity index (χ0n) is 16.9. The van der Waals surface area contributed by atoms with Gasteiger partial charge in [-0.1, -0.05) is 39.0 Å². The molecule has 0 saturated heterocycles. The Bertz CT molecular complexity index is 1000. The van der Waals surface area contributed by atoms with Crippen molar-refractivity contribution in [3.8, 4) is 5.69 Å². The number of hydrogen-bond donors (Lipinski definition) is 1. The Morgan fingerprint density at radius 1 is 1.07 bits per heavy atom. The minimum atomic E-state index is -0.0105. The summed E-state index contributed by atoms with van der Waals surface area (Å²) in [4.78, 5) is 18.3. The summed E-state index contributed by atoms with van der Waals surface area (Å²) in [6.45, 7) is 11.5. The SMILES string of the molecule is CCC(NCC(C)C)c1nc2ccccc2c(=O)n1-c1ccc(C)c(C)c1.